The summed E-state index contributed by atoms with van der Waals surface area (Å²) in [7, 11) is 3.27. The van der Waals surface area contributed by atoms with Crippen LogP contribution in [-0.2, 0) is 11.3 Å². The van der Waals surface area contributed by atoms with Gasteiger partial charge in [-0.05, 0) is 48.7 Å². The standard InChI is InChI=1S/C18H19Cl2N3O2/c1-23(16-15(25-2)4-3-9-21-16)17(24)18(7-8-18)22-11-12-10-13(19)5-6-14(12)20/h3-6,9-10,22H,7-8,11H2,1-2H3. The summed E-state index contributed by atoms with van der Waals surface area (Å²) >= 11 is 12.2. The van der Waals surface area contributed by atoms with Crippen LogP contribution in [0, 0.1) is 0 Å². The molecule has 7 heteroatoms. The zero-order valence-corrected chi connectivity index (χ0v) is 15.6. The lowest BCUT2D eigenvalue weighted by atomic mass is 10.1. The van der Waals surface area contributed by atoms with Crippen LogP contribution in [0.4, 0.5) is 5.82 Å². The van der Waals surface area contributed by atoms with Crippen LogP contribution in [0.5, 0.6) is 5.75 Å². The maximum absolute atomic E-state index is 13.0. The predicted molar refractivity (Wildman–Crippen MR) is 99.5 cm³/mol. The number of amides is 1. The van der Waals surface area contributed by atoms with Crippen LogP contribution in [0.15, 0.2) is 36.5 Å². The first-order chi connectivity index (χ1) is 12.0. The number of aromatic nitrogens is 1. The maximum Gasteiger partial charge on any atom is 0.248 e. The van der Waals surface area contributed by atoms with Gasteiger partial charge in [0.1, 0.15) is 0 Å². The lowest BCUT2D eigenvalue weighted by Gasteiger charge is -2.25. The van der Waals surface area contributed by atoms with Crippen molar-refractivity contribution in [2.75, 3.05) is 19.1 Å². The van der Waals surface area contributed by atoms with Crippen LogP contribution >= 0.6 is 23.2 Å². The topological polar surface area (TPSA) is 54.5 Å². The van der Waals surface area contributed by atoms with E-state index in [1.807, 2.05) is 6.07 Å². The van der Waals surface area contributed by atoms with Crippen LogP contribution in [0.3, 0.4) is 0 Å². The molecular weight excluding hydrogens is 361 g/mol. The number of nitrogens with one attached hydrogen (secondary N) is 1. The molecule has 1 saturated carbocycles. The minimum atomic E-state index is -0.594. The highest BCUT2D eigenvalue weighted by atomic mass is 35.5. The largest absolute Gasteiger partial charge is 0.493 e. The number of nitrogens with zero attached hydrogens (tertiary/aromatic N) is 2. The fourth-order valence-electron chi connectivity index (χ4n) is 2.75. The summed E-state index contributed by atoms with van der Waals surface area (Å²) in [6, 6.07) is 8.86. The predicted octanol–water partition coefficient (Wildman–Crippen LogP) is 3.68. The maximum atomic E-state index is 13.0. The van der Waals surface area contributed by atoms with Crippen molar-refractivity contribution in [1.82, 2.24) is 10.3 Å². The van der Waals surface area contributed by atoms with Gasteiger partial charge >= 0.3 is 0 Å². The van der Waals surface area contributed by atoms with Gasteiger partial charge in [-0.1, -0.05) is 23.2 Å². The summed E-state index contributed by atoms with van der Waals surface area (Å²) in [4.78, 5) is 18.8. The molecule has 25 heavy (non-hydrogen) atoms. The quantitative estimate of drug-likeness (QED) is 0.831. The zero-order chi connectivity index (χ0) is 18.0. The fourth-order valence-corrected chi connectivity index (χ4v) is 3.12. The lowest BCUT2D eigenvalue weighted by Crippen LogP contribution is -2.47. The van der Waals surface area contributed by atoms with E-state index in [9.17, 15) is 4.79 Å². The molecule has 1 aliphatic rings. The molecule has 1 aromatic heterocycles. The minimum Gasteiger partial charge on any atom is -0.493 e. The average Bonchev–Trinajstić information content (AvgIpc) is 3.42. The Kier molecular flexibility index (Phi) is 5.18. The molecule has 1 fully saturated rings. The first-order valence-electron chi connectivity index (χ1n) is 7.93. The highest BCUT2D eigenvalue weighted by Gasteiger charge is 2.51. The Bertz CT molecular complexity index is 794. The van der Waals surface area contributed by atoms with Crippen LogP contribution in [0.2, 0.25) is 10.0 Å². The summed E-state index contributed by atoms with van der Waals surface area (Å²) in [5.74, 6) is 1.03. The van der Waals surface area contributed by atoms with Crippen LogP contribution in [0.25, 0.3) is 0 Å². The van der Waals surface area contributed by atoms with Gasteiger partial charge in [0.15, 0.2) is 11.6 Å². The van der Waals surface area contributed by atoms with Crippen LogP contribution < -0.4 is 15.0 Å². The number of likely N-dealkylation sites (N-methyl/N-ethyl adjacent to an activating group) is 1. The van der Waals surface area contributed by atoms with Crippen LogP contribution in [-0.4, -0.2) is 30.6 Å². The van der Waals surface area contributed by atoms with Crippen molar-refractivity contribution in [3.8, 4) is 5.75 Å². The van der Waals surface area contributed by atoms with Crippen molar-refractivity contribution in [3.05, 3.63) is 52.1 Å². The molecule has 5 nitrogen and oxygen atoms in total. The van der Waals surface area contributed by atoms with E-state index in [1.54, 1.807) is 49.5 Å². The summed E-state index contributed by atoms with van der Waals surface area (Å²) in [5.41, 5.74) is 0.273. The van der Waals surface area contributed by atoms with Crippen molar-refractivity contribution in [2.24, 2.45) is 0 Å². The number of hydrogen-bond acceptors (Lipinski definition) is 4. The van der Waals surface area contributed by atoms with Gasteiger partial charge in [-0.25, -0.2) is 4.98 Å². The highest BCUT2D eigenvalue weighted by molar-refractivity contribution is 6.33. The average molecular weight is 380 g/mol. The molecule has 1 N–H and O–H groups in total. The molecule has 0 radical (unpaired) electrons. The monoisotopic (exact) mass is 379 g/mol. The second-order valence-corrected chi connectivity index (χ2v) is 6.91. The third-order valence-electron chi connectivity index (χ3n) is 4.38. The van der Waals surface area contributed by atoms with E-state index in [2.05, 4.69) is 10.3 Å². The summed E-state index contributed by atoms with van der Waals surface area (Å²) in [5, 5.41) is 4.58. The molecule has 0 unspecified atom stereocenters. The van der Waals surface area contributed by atoms with Gasteiger partial charge in [0.2, 0.25) is 5.91 Å². The fraction of sp³-hybridized carbons (Fsp3) is 0.333. The number of hydrogen-bond donors (Lipinski definition) is 1. The first kappa shape index (κ1) is 18.0. The van der Waals surface area contributed by atoms with E-state index in [-0.39, 0.29) is 5.91 Å². The van der Waals surface area contributed by atoms with Gasteiger partial charge in [-0.2, -0.15) is 0 Å². The Morgan fingerprint density at radius 3 is 2.80 bits per heavy atom. The van der Waals surface area contributed by atoms with E-state index in [4.69, 9.17) is 27.9 Å². The van der Waals surface area contributed by atoms with E-state index >= 15 is 0 Å². The SMILES string of the molecule is COc1cccnc1N(C)C(=O)C1(NCc2cc(Cl)ccc2Cl)CC1. The van der Waals surface area contributed by atoms with E-state index in [1.165, 1.54) is 0 Å². The molecule has 3 rings (SSSR count). The zero-order valence-electron chi connectivity index (χ0n) is 14.1. The smallest absolute Gasteiger partial charge is 0.248 e. The molecular formula is C18H19Cl2N3O2. The number of carbonyl (C=O) groups excluding carboxylic acids is 1. The minimum absolute atomic E-state index is 0.0392. The number of halogens is 2. The number of carbonyl (C=O) groups is 1. The molecule has 0 spiro atoms. The van der Waals surface area contributed by atoms with E-state index in [0.29, 0.717) is 28.2 Å². The Morgan fingerprint density at radius 2 is 2.12 bits per heavy atom. The third-order valence-corrected chi connectivity index (χ3v) is 4.98. The normalized spacial score (nSPS) is 14.9. The summed E-state index contributed by atoms with van der Waals surface area (Å²) in [6.45, 7) is 0.471. The van der Waals surface area contributed by atoms with Gasteiger partial charge < -0.3 is 4.74 Å². The van der Waals surface area contributed by atoms with Crippen LogP contribution in [0.1, 0.15) is 18.4 Å². The molecule has 1 heterocycles. The van der Waals surface area contributed by atoms with E-state index < -0.39 is 5.54 Å². The molecule has 1 amide bonds. The van der Waals surface area contributed by atoms with Crippen molar-refractivity contribution >= 4 is 34.9 Å². The number of benzene rings is 1. The molecule has 0 aliphatic heterocycles. The third kappa shape index (κ3) is 3.73. The van der Waals surface area contributed by atoms with Crippen molar-refractivity contribution in [3.63, 3.8) is 0 Å². The number of ether oxygens (including phenoxy) is 1. The molecule has 0 atom stereocenters. The second kappa shape index (κ2) is 7.20. The Balaban J connectivity index is 1.74. The Morgan fingerprint density at radius 1 is 1.36 bits per heavy atom. The number of pyridine rings is 1. The molecule has 1 aliphatic carbocycles. The van der Waals surface area contributed by atoms with Crippen molar-refractivity contribution < 1.29 is 9.53 Å². The van der Waals surface area contributed by atoms with Crippen molar-refractivity contribution in [1.29, 1.82) is 0 Å². The number of methoxy groups -OCH3 is 1. The summed E-state index contributed by atoms with van der Waals surface area (Å²) < 4.78 is 5.30. The molecule has 2 aromatic rings. The Labute approximate surface area is 156 Å². The van der Waals surface area contributed by atoms with Gasteiger partial charge in [-0.15, -0.1) is 0 Å². The molecule has 132 valence electrons. The highest BCUT2D eigenvalue weighted by Crippen LogP contribution is 2.39. The molecule has 0 saturated heterocycles. The second-order valence-electron chi connectivity index (χ2n) is 6.06. The van der Waals surface area contributed by atoms with Gasteiger partial charge in [0.05, 0.1) is 12.6 Å². The van der Waals surface area contributed by atoms with Gasteiger partial charge in [-0.3, -0.25) is 15.0 Å². The van der Waals surface area contributed by atoms with Gasteiger partial charge in [0.25, 0.3) is 0 Å². The van der Waals surface area contributed by atoms with Crippen molar-refractivity contribution in [2.45, 2.75) is 24.9 Å². The first-order valence-corrected chi connectivity index (χ1v) is 8.68. The lowest BCUT2D eigenvalue weighted by molar-refractivity contribution is -0.121. The Hall–Kier alpha value is -1.82. The summed E-state index contributed by atoms with van der Waals surface area (Å²) in [6.07, 6.45) is 3.17. The molecule has 1 aromatic carbocycles. The molecule has 0 bridgehead atoms. The number of rotatable bonds is 6. The van der Waals surface area contributed by atoms with Gasteiger partial charge in [0, 0.05) is 29.8 Å². The van der Waals surface area contributed by atoms with E-state index in [0.717, 1.165) is 18.4 Å². The number of anilines is 1.